The van der Waals surface area contributed by atoms with Crippen LogP contribution in [0.4, 0.5) is 17.1 Å². The SMILES string of the molecule is COc1cc(N)cc(CN2CC(=O)Nc3ccccc32)c1. The monoisotopic (exact) mass is 283 g/mol. The Labute approximate surface area is 123 Å². The van der Waals surface area contributed by atoms with Crippen LogP contribution in [0.25, 0.3) is 0 Å². The molecule has 0 radical (unpaired) electrons. The molecule has 0 atom stereocenters. The van der Waals surface area contributed by atoms with E-state index in [4.69, 9.17) is 10.5 Å². The largest absolute Gasteiger partial charge is 0.497 e. The molecule has 3 rings (SSSR count). The maximum absolute atomic E-state index is 11.8. The lowest BCUT2D eigenvalue weighted by molar-refractivity contribution is -0.115. The van der Waals surface area contributed by atoms with E-state index in [2.05, 4.69) is 5.32 Å². The quantitative estimate of drug-likeness (QED) is 0.848. The first-order chi connectivity index (χ1) is 10.2. The van der Waals surface area contributed by atoms with Crippen molar-refractivity contribution < 1.29 is 9.53 Å². The highest BCUT2D eigenvalue weighted by molar-refractivity contribution is 6.01. The van der Waals surface area contributed by atoms with E-state index in [1.54, 1.807) is 13.2 Å². The van der Waals surface area contributed by atoms with Crippen LogP contribution in [0.15, 0.2) is 42.5 Å². The van der Waals surface area contributed by atoms with Gasteiger partial charge in [-0.3, -0.25) is 4.79 Å². The van der Waals surface area contributed by atoms with Crippen LogP contribution in [0.2, 0.25) is 0 Å². The van der Waals surface area contributed by atoms with E-state index in [1.165, 1.54) is 0 Å². The Hall–Kier alpha value is -2.69. The van der Waals surface area contributed by atoms with Crippen molar-refractivity contribution in [2.24, 2.45) is 0 Å². The molecule has 1 aliphatic rings. The number of nitrogens with zero attached hydrogens (tertiary/aromatic N) is 1. The number of ether oxygens (including phenoxy) is 1. The number of hydrogen-bond donors (Lipinski definition) is 2. The number of nitrogen functional groups attached to an aromatic ring is 1. The predicted molar refractivity (Wildman–Crippen MR) is 83.5 cm³/mol. The molecule has 5 heteroatoms. The lowest BCUT2D eigenvalue weighted by Crippen LogP contribution is -2.37. The molecule has 108 valence electrons. The van der Waals surface area contributed by atoms with Crippen LogP contribution in [0, 0.1) is 0 Å². The molecule has 2 aromatic rings. The molecule has 21 heavy (non-hydrogen) atoms. The highest BCUT2D eigenvalue weighted by Crippen LogP contribution is 2.30. The Kier molecular flexibility index (Phi) is 3.39. The number of para-hydroxylation sites is 2. The summed E-state index contributed by atoms with van der Waals surface area (Å²) < 4.78 is 5.24. The lowest BCUT2D eigenvalue weighted by atomic mass is 10.1. The molecule has 0 aromatic heterocycles. The normalized spacial score (nSPS) is 13.6. The molecule has 3 N–H and O–H groups in total. The van der Waals surface area contributed by atoms with E-state index >= 15 is 0 Å². The number of rotatable bonds is 3. The highest BCUT2D eigenvalue weighted by Gasteiger charge is 2.21. The predicted octanol–water partition coefficient (Wildman–Crippen LogP) is 2.24. The van der Waals surface area contributed by atoms with E-state index < -0.39 is 0 Å². The van der Waals surface area contributed by atoms with Gasteiger partial charge in [-0.05, 0) is 29.8 Å². The fourth-order valence-electron chi connectivity index (χ4n) is 2.56. The fraction of sp³-hybridized carbons (Fsp3) is 0.188. The molecule has 2 aromatic carbocycles. The van der Waals surface area contributed by atoms with E-state index in [0.717, 1.165) is 22.7 Å². The number of fused-ring (bicyclic) bond motifs is 1. The number of amides is 1. The van der Waals surface area contributed by atoms with Gasteiger partial charge in [0.05, 0.1) is 25.0 Å². The zero-order valence-corrected chi connectivity index (χ0v) is 11.8. The van der Waals surface area contributed by atoms with Gasteiger partial charge in [0.1, 0.15) is 5.75 Å². The molecule has 0 fully saturated rings. The van der Waals surface area contributed by atoms with Crippen LogP contribution in [0.1, 0.15) is 5.56 Å². The van der Waals surface area contributed by atoms with Crippen LogP contribution in [0.3, 0.4) is 0 Å². The van der Waals surface area contributed by atoms with Crippen molar-refractivity contribution in [2.75, 3.05) is 29.6 Å². The second-order valence-electron chi connectivity index (χ2n) is 5.04. The zero-order valence-electron chi connectivity index (χ0n) is 11.8. The summed E-state index contributed by atoms with van der Waals surface area (Å²) in [4.78, 5) is 13.8. The van der Waals surface area contributed by atoms with Gasteiger partial charge in [-0.2, -0.15) is 0 Å². The van der Waals surface area contributed by atoms with Gasteiger partial charge in [0.2, 0.25) is 5.91 Å². The molecule has 0 saturated carbocycles. The minimum absolute atomic E-state index is 0.00966. The van der Waals surface area contributed by atoms with E-state index in [0.29, 0.717) is 18.8 Å². The van der Waals surface area contributed by atoms with Crippen molar-refractivity contribution in [1.82, 2.24) is 0 Å². The van der Waals surface area contributed by atoms with Gasteiger partial charge in [-0.15, -0.1) is 0 Å². The van der Waals surface area contributed by atoms with Crippen LogP contribution >= 0.6 is 0 Å². The first kappa shape index (κ1) is 13.3. The van der Waals surface area contributed by atoms with Gasteiger partial charge in [-0.1, -0.05) is 12.1 Å². The first-order valence-corrected chi connectivity index (χ1v) is 6.73. The summed E-state index contributed by atoms with van der Waals surface area (Å²) in [7, 11) is 1.61. The highest BCUT2D eigenvalue weighted by atomic mass is 16.5. The van der Waals surface area contributed by atoms with Crippen molar-refractivity contribution in [1.29, 1.82) is 0 Å². The van der Waals surface area contributed by atoms with E-state index in [-0.39, 0.29) is 5.91 Å². The molecule has 1 aliphatic heterocycles. The molecule has 0 spiro atoms. The second-order valence-corrected chi connectivity index (χ2v) is 5.04. The number of nitrogens with two attached hydrogens (primary N) is 1. The summed E-state index contributed by atoms with van der Waals surface area (Å²) in [6.45, 7) is 0.931. The van der Waals surface area contributed by atoms with E-state index in [1.807, 2.05) is 41.3 Å². The number of carbonyl (C=O) groups is 1. The van der Waals surface area contributed by atoms with Gasteiger partial charge < -0.3 is 20.7 Å². The Morgan fingerprint density at radius 1 is 1.29 bits per heavy atom. The van der Waals surface area contributed by atoms with Gasteiger partial charge in [-0.25, -0.2) is 0 Å². The van der Waals surface area contributed by atoms with Gasteiger partial charge in [0.25, 0.3) is 0 Å². The third kappa shape index (κ3) is 2.76. The third-order valence-corrected chi connectivity index (χ3v) is 3.45. The standard InChI is InChI=1S/C16H17N3O2/c1-21-13-7-11(6-12(17)8-13)9-19-10-16(20)18-14-4-2-3-5-15(14)19/h2-8H,9-10,17H2,1H3,(H,18,20). The van der Waals surface area contributed by atoms with Crippen LogP contribution in [-0.2, 0) is 11.3 Å². The molecule has 0 unspecified atom stereocenters. The first-order valence-electron chi connectivity index (χ1n) is 6.73. The topological polar surface area (TPSA) is 67.6 Å². The molecule has 0 saturated heterocycles. The van der Waals surface area contributed by atoms with Crippen molar-refractivity contribution >= 4 is 23.0 Å². The molecule has 5 nitrogen and oxygen atoms in total. The van der Waals surface area contributed by atoms with Crippen molar-refractivity contribution in [3.63, 3.8) is 0 Å². The van der Waals surface area contributed by atoms with Crippen LogP contribution in [-0.4, -0.2) is 19.6 Å². The minimum atomic E-state index is -0.00966. The molecule has 0 bridgehead atoms. The number of benzene rings is 2. The average molecular weight is 283 g/mol. The number of carbonyl (C=O) groups excluding carboxylic acids is 1. The summed E-state index contributed by atoms with van der Waals surface area (Å²) in [5.74, 6) is 0.712. The van der Waals surface area contributed by atoms with Gasteiger partial charge in [0.15, 0.2) is 0 Å². The average Bonchev–Trinajstić information content (AvgIpc) is 2.46. The number of anilines is 3. The lowest BCUT2D eigenvalue weighted by Gasteiger charge is -2.31. The van der Waals surface area contributed by atoms with Crippen LogP contribution in [0.5, 0.6) is 5.75 Å². The molecule has 1 heterocycles. The smallest absolute Gasteiger partial charge is 0.243 e. The van der Waals surface area contributed by atoms with Gasteiger partial charge in [0, 0.05) is 18.3 Å². The Morgan fingerprint density at radius 2 is 2.10 bits per heavy atom. The third-order valence-electron chi connectivity index (χ3n) is 3.45. The summed E-state index contributed by atoms with van der Waals surface area (Å²) in [6, 6.07) is 13.4. The maximum atomic E-state index is 11.8. The molecular weight excluding hydrogens is 266 g/mol. The summed E-state index contributed by atoms with van der Waals surface area (Å²) >= 11 is 0. The maximum Gasteiger partial charge on any atom is 0.243 e. The van der Waals surface area contributed by atoms with Crippen molar-refractivity contribution in [2.45, 2.75) is 6.54 Å². The summed E-state index contributed by atoms with van der Waals surface area (Å²) in [5.41, 5.74) is 9.40. The molecular formula is C16H17N3O2. The van der Waals surface area contributed by atoms with Crippen molar-refractivity contribution in [3.8, 4) is 5.75 Å². The molecule has 0 aliphatic carbocycles. The Bertz CT molecular complexity index is 685. The summed E-state index contributed by atoms with van der Waals surface area (Å²) in [5, 5.41) is 2.88. The molecule has 1 amide bonds. The van der Waals surface area contributed by atoms with Gasteiger partial charge >= 0.3 is 0 Å². The number of nitrogens with one attached hydrogen (secondary N) is 1. The Morgan fingerprint density at radius 3 is 2.90 bits per heavy atom. The zero-order chi connectivity index (χ0) is 14.8. The number of methoxy groups -OCH3 is 1. The van der Waals surface area contributed by atoms with E-state index in [9.17, 15) is 4.79 Å². The Balaban J connectivity index is 1.91. The van der Waals surface area contributed by atoms with Crippen molar-refractivity contribution in [3.05, 3.63) is 48.0 Å². The van der Waals surface area contributed by atoms with Crippen LogP contribution < -0.4 is 20.7 Å². The number of hydrogen-bond acceptors (Lipinski definition) is 4. The summed E-state index contributed by atoms with van der Waals surface area (Å²) in [6.07, 6.45) is 0. The fourth-order valence-corrected chi connectivity index (χ4v) is 2.56. The minimum Gasteiger partial charge on any atom is -0.497 e. The second kappa shape index (κ2) is 5.36.